The third kappa shape index (κ3) is 3.28. The minimum Gasteiger partial charge on any atom is -0.497 e. The summed E-state index contributed by atoms with van der Waals surface area (Å²) in [6.45, 7) is 4.65. The molecule has 0 aliphatic heterocycles. The van der Waals surface area contributed by atoms with E-state index in [1.54, 1.807) is 7.11 Å². The lowest BCUT2D eigenvalue weighted by molar-refractivity contribution is 0.208. The van der Waals surface area contributed by atoms with Crippen molar-refractivity contribution in [2.24, 2.45) is 5.92 Å². The summed E-state index contributed by atoms with van der Waals surface area (Å²) in [5.41, 5.74) is 1.00. The maximum Gasteiger partial charge on any atom is 0.126 e. The summed E-state index contributed by atoms with van der Waals surface area (Å²) >= 11 is 0. The first-order valence-corrected chi connectivity index (χ1v) is 6.76. The second-order valence-electron chi connectivity index (χ2n) is 4.92. The first-order valence-electron chi connectivity index (χ1n) is 6.76. The third-order valence-electron chi connectivity index (χ3n) is 3.64. The van der Waals surface area contributed by atoms with Gasteiger partial charge in [-0.3, -0.25) is 0 Å². The van der Waals surface area contributed by atoms with Crippen LogP contribution in [0.2, 0.25) is 0 Å². The Kier molecular flexibility index (Phi) is 4.68. The lowest BCUT2D eigenvalue weighted by Crippen LogP contribution is -2.15. The fourth-order valence-corrected chi connectivity index (χ4v) is 2.51. The van der Waals surface area contributed by atoms with Crippen LogP contribution in [-0.4, -0.2) is 13.7 Å². The molecule has 0 aromatic heterocycles. The van der Waals surface area contributed by atoms with Crippen LogP contribution in [0.3, 0.4) is 0 Å². The molecule has 1 fully saturated rings. The van der Waals surface area contributed by atoms with Gasteiger partial charge in [0, 0.05) is 5.56 Å². The molecule has 0 radical (unpaired) electrons. The fraction of sp³-hybridized carbons (Fsp3) is 0.500. The quantitative estimate of drug-likeness (QED) is 0.771. The van der Waals surface area contributed by atoms with Gasteiger partial charge in [-0.1, -0.05) is 31.9 Å². The van der Waals surface area contributed by atoms with E-state index in [4.69, 9.17) is 9.47 Å². The molecule has 2 heteroatoms. The van der Waals surface area contributed by atoms with Gasteiger partial charge >= 0.3 is 0 Å². The van der Waals surface area contributed by atoms with Gasteiger partial charge in [-0.05, 0) is 37.0 Å². The Labute approximate surface area is 110 Å². The van der Waals surface area contributed by atoms with Crippen LogP contribution in [0, 0.1) is 5.92 Å². The molecule has 1 aromatic carbocycles. The van der Waals surface area contributed by atoms with Crippen LogP contribution >= 0.6 is 0 Å². The van der Waals surface area contributed by atoms with Crippen LogP contribution in [0.4, 0.5) is 0 Å². The number of rotatable bonds is 5. The average Bonchev–Trinajstić information content (AvgIpc) is 2.46. The largest absolute Gasteiger partial charge is 0.497 e. The van der Waals surface area contributed by atoms with Crippen molar-refractivity contribution >= 4 is 6.08 Å². The zero-order valence-corrected chi connectivity index (χ0v) is 11.2. The minimum absolute atomic E-state index is 0.721. The van der Waals surface area contributed by atoms with Crippen molar-refractivity contribution in [3.8, 4) is 11.5 Å². The van der Waals surface area contributed by atoms with Gasteiger partial charge in [-0.25, -0.2) is 0 Å². The SMILES string of the molecule is C=Cc1cc(OC)ccc1OCC1CCCCC1. The van der Waals surface area contributed by atoms with Gasteiger partial charge in [0.1, 0.15) is 11.5 Å². The van der Waals surface area contributed by atoms with E-state index in [2.05, 4.69) is 6.58 Å². The zero-order valence-electron chi connectivity index (χ0n) is 11.2. The van der Waals surface area contributed by atoms with Gasteiger partial charge in [-0.15, -0.1) is 0 Å². The van der Waals surface area contributed by atoms with Crippen molar-refractivity contribution in [2.75, 3.05) is 13.7 Å². The van der Waals surface area contributed by atoms with E-state index in [1.165, 1.54) is 32.1 Å². The number of methoxy groups -OCH3 is 1. The van der Waals surface area contributed by atoms with E-state index >= 15 is 0 Å². The lowest BCUT2D eigenvalue weighted by Gasteiger charge is -2.22. The Morgan fingerprint density at radius 1 is 1.28 bits per heavy atom. The zero-order chi connectivity index (χ0) is 12.8. The van der Waals surface area contributed by atoms with Crippen LogP contribution < -0.4 is 9.47 Å². The number of hydrogen-bond donors (Lipinski definition) is 0. The number of hydrogen-bond acceptors (Lipinski definition) is 2. The third-order valence-corrected chi connectivity index (χ3v) is 3.64. The smallest absolute Gasteiger partial charge is 0.126 e. The van der Waals surface area contributed by atoms with Gasteiger partial charge in [0.2, 0.25) is 0 Å². The molecule has 0 heterocycles. The first-order chi connectivity index (χ1) is 8.83. The monoisotopic (exact) mass is 246 g/mol. The van der Waals surface area contributed by atoms with Crippen molar-refractivity contribution in [3.05, 3.63) is 30.3 Å². The van der Waals surface area contributed by atoms with Crippen molar-refractivity contribution in [3.63, 3.8) is 0 Å². The van der Waals surface area contributed by atoms with Gasteiger partial charge in [0.15, 0.2) is 0 Å². The molecule has 1 aromatic rings. The maximum absolute atomic E-state index is 5.94. The van der Waals surface area contributed by atoms with Crippen molar-refractivity contribution in [2.45, 2.75) is 32.1 Å². The lowest BCUT2D eigenvalue weighted by atomic mass is 9.90. The van der Waals surface area contributed by atoms with E-state index in [9.17, 15) is 0 Å². The Hall–Kier alpha value is -1.44. The summed E-state index contributed by atoms with van der Waals surface area (Å²) in [5, 5.41) is 0. The van der Waals surface area contributed by atoms with Crippen molar-refractivity contribution in [1.29, 1.82) is 0 Å². The van der Waals surface area contributed by atoms with E-state index in [0.29, 0.717) is 0 Å². The Morgan fingerprint density at radius 2 is 2.06 bits per heavy atom. The Balaban J connectivity index is 1.97. The maximum atomic E-state index is 5.94. The Bertz CT molecular complexity index is 392. The van der Waals surface area contributed by atoms with Gasteiger partial charge in [0.25, 0.3) is 0 Å². The summed E-state index contributed by atoms with van der Waals surface area (Å²) in [5.74, 6) is 2.48. The molecule has 98 valence electrons. The molecule has 1 aliphatic carbocycles. The van der Waals surface area contributed by atoms with Crippen molar-refractivity contribution < 1.29 is 9.47 Å². The van der Waals surface area contributed by atoms with Crippen LogP contribution in [-0.2, 0) is 0 Å². The second-order valence-corrected chi connectivity index (χ2v) is 4.92. The first kappa shape index (κ1) is 13.0. The number of benzene rings is 1. The van der Waals surface area contributed by atoms with Gasteiger partial charge in [-0.2, -0.15) is 0 Å². The summed E-state index contributed by atoms with van der Waals surface area (Å²) < 4.78 is 11.1. The second kappa shape index (κ2) is 6.48. The summed E-state index contributed by atoms with van der Waals surface area (Å²) in [7, 11) is 1.67. The van der Waals surface area contributed by atoms with Crippen LogP contribution in [0.5, 0.6) is 11.5 Å². The van der Waals surface area contributed by atoms with Crippen molar-refractivity contribution in [1.82, 2.24) is 0 Å². The summed E-state index contributed by atoms with van der Waals surface area (Å²) in [6.07, 6.45) is 8.52. The molecular weight excluding hydrogens is 224 g/mol. The normalized spacial score (nSPS) is 16.3. The van der Waals surface area contributed by atoms with E-state index in [-0.39, 0.29) is 0 Å². The van der Waals surface area contributed by atoms with E-state index in [1.807, 2.05) is 24.3 Å². The highest BCUT2D eigenvalue weighted by Gasteiger charge is 2.14. The molecule has 0 saturated heterocycles. The van der Waals surface area contributed by atoms with Gasteiger partial charge < -0.3 is 9.47 Å². The molecule has 0 spiro atoms. The predicted molar refractivity (Wildman–Crippen MR) is 75.2 cm³/mol. The minimum atomic E-state index is 0.721. The molecule has 0 amide bonds. The Morgan fingerprint density at radius 3 is 2.72 bits per heavy atom. The molecule has 0 N–H and O–H groups in total. The molecule has 0 atom stereocenters. The van der Waals surface area contributed by atoms with Crippen LogP contribution in [0.15, 0.2) is 24.8 Å². The number of ether oxygens (including phenoxy) is 2. The molecule has 1 aliphatic rings. The predicted octanol–water partition coefficient (Wildman–Crippen LogP) is 4.30. The highest BCUT2D eigenvalue weighted by atomic mass is 16.5. The standard InChI is InChI=1S/C16H22O2/c1-3-14-11-15(17-2)9-10-16(14)18-12-13-7-5-4-6-8-13/h3,9-11,13H,1,4-8,12H2,2H3. The molecule has 1 saturated carbocycles. The topological polar surface area (TPSA) is 18.5 Å². The molecule has 0 unspecified atom stereocenters. The fourth-order valence-electron chi connectivity index (χ4n) is 2.51. The highest BCUT2D eigenvalue weighted by Crippen LogP contribution is 2.28. The van der Waals surface area contributed by atoms with E-state index < -0.39 is 0 Å². The molecule has 0 bridgehead atoms. The molecular formula is C16H22O2. The summed E-state index contributed by atoms with van der Waals surface area (Å²) in [6, 6.07) is 5.87. The van der Waals surface area contributed by atoms with Crippen LogP contribution in [0.25, 0.3) is 6.08 Å². The highest BCUT2D eigenvalue weighted by molar-refractivity contribution is 5.58. The van der Waals surface area contributed by atoms with Gasteiger partial charge in [0.05, 0.1) is 13.7 Å². The summed E-state index contributed by atoms with van der Waals surface area (Å²) in [4.78, 5) is 0. The van der Waals surface area contributed by atoms with Crippen LogP contribution in [0.1, 0.15) is 37.7 Å². The van der Waals surface area contributed by atoms with E-state index in [0.717, 1.165) is 29.6 Å². The average molecular weight is 246 g/mol. The molecule has 2 nitrogen and oxygen atoms in total. The molecule has 18 heavy (non-hydrogen) atoms. The molecule has 2 rings (SSSR count).